The summed E-state index contributed by atoms with van der Waals surface area (Å²) in [6.45, 7) is 12.6. The average Bonchev–Trinajstić information content (AvgIpc) is 2.40. The Balaban J connectivity index is 0.00000242. The zero-order valence-electron chi connectivity index (χ0n) is 14.4. The molecule has 2 aromatic carbocycles. The molecule has 0 radical (unpaired) electrons. The van der Waals surface area contributed by atoms with Crippen molar-refractivity contribution in [2.75, 3.05) is 0 Å². The van der Waals surface area contributed by atoms with Crippen molar-refractivity contribution in [3.8, 4) is 11.5 Å². The Kier molecular flexibility index (Phi) is 9.51. The predicted molar refractivity (Wildman–Crippen MR) is 82.6 cm³/mol. The van der Waals surface area contributed by atoms with Crippen molar-refractivity contribution in [2.45, 2.75) is 41.5 Å². The van der Waals surface area contributed by atoms with E-state index in [2.05, 4.69) is 65.8 Å². The molecule has 2 aromatic rings. The van der Waals surface area contributed by atoms with Crippen LogP contribution in [0.15, 0.2) is 24.3 Å². The number of aryl methyl sites for hydroxylation is 4. The molecule has 124 valence electrons. The van der Waals surface area contributed by atoms with Gasteiger partial charge in [-0.15, -0.1) is 0 Å². The number of halogens is 2. The van der Waals surface area contributed by atoms with E-state index in [1.165, 1.54) is 33.4 Å². The second-order valence-corrected chi connectivity index (χ2v) is 7.11. The fourth-order valence-electron chi connectivity index (χ4n) is 2.32. The molecule has 0 amide bonds. The molecular weight excluding hydrogens is 410 g/mol. The van der Waals surface area contributed by atoms with E-state index in [0.717, 1.165) is 11.5 Å². The summed E-state index contributed by atoms with van der Waals surface area (Å²) >= 11 is -1.39. The first-order chi connectivity index (χ1) is 9.88. The average molecular weight is 433 g/mol. The molecule has 23 heavy (non-hydrogen) atoms. The summed E-state index contributed by atoms with van der Waals surface area (Å²) in [6, 6.07) is 8.56. The summed E-state index contributed by atoms with van der Waals surface area (Å²) in [5.41, 5.74) is 7.42. The zero-order chi connectivity index (χ0) is 15.6. The van der Waals surface area contributed by atoms with Crippen molar-refractivity contribution in [3.63, 3.8) is 0 Å². The van der Waals surface area contributed by atoms with E-state index in [0.29, 0.717) is 0 Å². The van der Waals surface area contributed by atoms with Crippen molar-refractivity contribution < 1.29 is 54.6 Å². The number of hydrogen-bond donors (Lipinski definition) is 0. The third-order valence-corrected chi connectivity index (χ3v) is 5.32. The molecular formula is C18H22Cl2O2Zr. The van der Waals surface area contributed by atoms with Gasteiger partial charge in [0.1, 0.15) is 0 Å². The predicted octanol–water partition coefficient (Wildman–Crippen LogP) is -1.08. The summed E-state index contributed by atoms with van der Waals surface area (Å²) < 4.78 is 12.0. The SMILES string of the molecule is Cc1cc(C)c(C)c([O][Zr+2][O]c2cc(C)cc(C)c2C)c1.[Cl-].[Cl-]. The Morgan fingerprint density at radius 3 is 1.30 bits per heavy atom. The maximum Gasteiger partial charge on any atom is -1.00 e. The van der Waals surface area contributed by atoms with Gasteiger partial charge in [0.15, 0.2) is 0 Å². The van der Waals surface area contributed by atoms with Crippen molar-refractivity contribution in [3.05, 3.63) is 57.6 Å². The van der Waals surface area contributed by atoms with E-state index in [1.54, 1.807) is 0 Å². The maximum atomic E-state index is 5.98. The zero-order valence-corrected chi connectivity index (χ0v) is 18.4. The molecule has 0 N–H and O–H groups in total. The van der Waals surface area contributed by atoms with Gasteiger partial charge in [-0.1, -0.05) is 0 Å². The molecule has 2 nitrogen and oxygen atoms in total. The molecule has 2 rings (SSSR count). The minimum atomic E-state index is -1.39. The summed E-state index contributed by atoms with van der Waals surface area (Å²) in [5, 5.41) is 0. The second-order valence-electron chi connectivity index (χ2n) is 5.70. The van der Waals surface area contributed by atoms with Crippen LogP contribution in [0.25, 0.3) is 0 Å². The Bertz CT molecular complexity index is 615. The molecule has 0 saturated carbocycles. The quantitative estimate of drug-likeness (QED) is 0.612. The molecule has 0 aliphatic rings. The minimum Gasteiger partial charge on any atom is -1.00 e. The van der Waals surface area contributed by atoms with Gasteiger partial charge in [0.05, 0.1) is 0 Å². The van der Waals surface area contributed by atoms with E-state index in [1.807, 2.05) is 0 Å². The van der Waals surface area contributed by atoms with Gasteiger partial charge < -0.3 is 24.8 Å². The van der Waals surface area contributed by atoms with Crippen LogP contribution in [0.4, 0.5) is 0 Å². The first-order valence-corrected chi connectivity index (χ1v) is 9.13. The molecule has 0 heterocycles. The van der Waals surface area contributed by atoms with E-state index in [9.17, 15) is 0 Å². The van der Waals surface area contributed by atoms with E-state index in [-0.39, 0.29) is 24.8 Å². The Hall–Kier alpha value is -0.497. The van der Waals surface area contributed by atoms with Crippen LogP contribution in [0, 0.1) is 41.5 Å². The van der Waals surface area contributed by atoms with Crippen LogP contribution in [0.2, 0.25) is 0 Å². The van der Waals surface area contributed by atoms with E-state index < -0.39 is 24.1 Å². The third kappa shape index (κ3) is 5.82. The summed E-state index contributed by atoms with van der Waals surface area (Å²) in [5.74, 6) is 1.95. The molecule has 0 spiro atoms. The minimum absolute atomic E-state index is 0. The van der Waals surface area contributed by atoms with Crippen LogP contribution in [0.5, 0.6) is 11.5 Å². The number of benzene rings is 2. The smallest absolute Gasteiger partial charge is 1.00 e. The standard InChI is InChI=1S/2C9H12O.2ClH.Zr/c2*1-6-4-7(2)8(3)9(10)5-6;;;/h2*4-5,10H,1-3H3;2*1H;/q;;;;+4/p-4. The molecule has 5 heteroatoms. The molecule has 0 aromatic heterocycles. The van der Waals surface area contributed by atoms with Crippen LogP contribution in [0.1, 0.15) is 33.4 Å². The van der Waals surface area contributed by atoms with Crippen LogP contribution in [0.3, 0.4) is 0 Å². The van der Waals surface area contributed by atoms with Gasteiger partial charge in [0.2, 0.25) is 0 Å². The third-order valence-electron chi connectivity index (χ3n) is 3.83. The second kappa shape index (κ2) is 9.72. The number of rotatable bonds is 4. The first kappa shape index (κ1) is 22.5. The Morgan fingerprint density at radius 1 is 0.609 bits per heavy atom. The number of hydrogen-bond acceptors (Lipinski definition) is 2. The van der Waals surface area contributed by atoms with Gasteiger partial charge in [-0.3, -0.25) is 0 Å². The van der Waals surface area contributed by atoms with Crippen LogP contribution >= 0.6 is 0 Å². The summed E-state index contributed by atoms with van der Waals surface area (Å²) in [4.78, 5) is 0. The molecule has 0 atom stereocenters. The summed E-state index contributed by atoms with van der Waals surface area (Å²) in [7, 11) is 0. The normalized spacial score (nSPS) is 9.30. The van der Waals surface area contributed by atoms with Gasteiger partial charge in [-0.2, -0.15) is 0 Å². The van der Waals surface area contributed by atoms with Crippen molar-refractivity contribution in [1.29, 1.82) is 0 Å². The van der Waals surface area contributed by atoms with Crippen molar-refractivity contribution in [1.82, 2.24) is 0 Å². The topological polar surface area (TPSA) is 18.5 Å². The van der Waals surface area contributed by atoms with Gasteiger partial charge in [-0.25, -0.2) is 0 Å². The Labute approximate surface area is 164 Å². The fraction of sp³-hybridized carbons (Fsp3) is 0.333. The fourth-order valence-corrected chi connectivity index (χ4v) is 3.91. The van der Waals surface area contributed by atoms with E-state index >= 15 is 0 Å². The van der Waals surface area contributed by atoms with Gasteiger partial charge in [0, 0.05) is 0 Å². The van der Waals surface area contributed by atoms with E-state index in [4.69, 9.17) is 5.63 Å². The molecule has 0 bridgehead atoms. The monoisotopic (exact) mass is 430 g/mol. The van der Waals surface area contributed by atoms with Crippen LogP contribution in [-0.4, -0.2) is 0 Å². The van der Waals surface area contributed by atoms with Gasteiger partial charge >= 0.3 is 140 Å². The van der Waals surface area contributed by atoms with Crippen molar-refractivity contribution >= 4 is 0 Å². The largest absolute Gasteiger partial charge is 1.00 e. The molecule has 0 aliphatic carbocycles. The van der Waals surface area contributed by atoms with Crippen molar-refractivity contribution in [2.24, 2.45) is 0 Å². The molecule has 0 aliphatic heterocycles. The Morgan fingerprint density at radius 2 is 0.957 bits per heavy atom. The molecule has 0 unspecified atom stereocenters. The maximum absolute atomic E-state index is 5.98. The molecule has 0 saturated heterocycles. The van der Waals surface area contributed by atoms with Gasteiger partial charge in [-0.05, 0) is 0 Å². The van der Waals surface area contributed by atoms with Crippen LogP contribution in [-0.2, 0) is 24.1 Å². The summed E-state index contributed by atoms with van der Waals surface area (Å²) in [6.07, 6.45) is 0. The van der Waals surface area contributed by atoms with Gasteiger partial charge in [0.25, 0.3) is 0 Å². The first-order valence-electron chi connectivity index (χ1n) is 7.13. The van der Waals surface area contributed by atoms with Crippen LogP contribution < -0.4 is 30.4 Å². The molecule has 0 fully saturated rings.